The van der Waals surface area contributed by atoms with Crippen LogP contribution in [-0.4, -0.2) is 38.9 Å². The highest BCUT2D eigenvalue weighted by Crippen LogP contribution is 2.33. The summed E-state index contributed by atoms with van der Waals surface area (Å²) in [6, 6.07) is 2.71. The van der Waals surface area contributed by atoms with Crippen molar-refractivity contribution in [2.45, 2.75) is 11.1 Å². The first-order chi connectivity index (χ1) is 9.21. The van der Waals surface area contributed by atoms with Gasteiger partial charge in [-0.3, -0.25) is 0 Å². The molecule has 0 radical (unpaired) electrons. The molecule has 1 saturated heterocycles. The SMILES string of the molecule is O=S(=O)(c1cc(Br)cc(C(F)(F)F)c1)N1CCNCC1. The number of rotatable bonds is 2. The van der Waals surface area contributed by atoms with Gasteiger partial charge in [0.15, 0.2) is 0 Å². The number of hydrogen-bond acceptors (Lipinski definition) is 3. The van der Waals surface area contributed by atoms with E-state index in [1.165, 1.54) is 10.4 Å². The number of nitrogens with one attached hydrogen (secondary N) is 1. The van der Waals surface area contributed by atoms with Gasteiger partial charge < -0.3 is 5.32 Å². The third-order valence-corrected chi connectivity index (χ3v) is 5.25. The third kappa shape index (κ3) is 3.33. The fourth-order valence-corrected chi connectivity index (χ4v) is 4.07. The Kier molecular flexibility index (Phi) is 4.43. The zero-order chi connectivity index (χ0) is 15.0. The summed E-state index contributed by atoms with van der Waals surface area (Å²) >= 11 is 2.93. The first-order valence-electron chi connectivity index (χ1n) is 5.80. The summed E-state index contributed by atoms with van der Waals surface area (Å²) < 4.78 is 64.1. The van der Waals surface area contributed by atoms with Crippen LogP contribution in [0, 0.1) is 0 Å². The highest BCUT2D eigenvalue weighted by molar-refractivity contribution is 9.10. The molecule has 0 aromatic heterocycles. The van der Waals surface area contributed by atoms with Crippen molar-refractivity contribution in [2.75, 3.05) is 26.2 Å². The number of sulfonamides is 1. The molecule has 0 aliphatic carbocycles. The van der Waals surface area contributed by atoms with Crippen LogP contribution in [0.15, 0.2) is 27.6 Å². The van der Waals surface area contributed by atoms with Crippen molar-refractivity contribution in [3.05, 3.63) is 28.2 Å². The van der Waals surface area contributed by atoms with Gasteiger partial charge in [0.1, 0.15) is 0 Å². The molecule has 1 aliphatic rings. The molecule has 112 valence electrons. The largest absolute Gasteiger partial charge is 0.416 e. The summed E-state index contributed by atoms with van der Waals surface area (Å²) in [5, 5.41) is 2.99. The van der Waals surface area contributed by atoms with Crippen LogP contribution in [0.4, 0.5) is 13.2 Å². The maximum Gasteiger partial charge on any atom is 0.416 e. The van der Waals surface area contributed by atoms with Crippen molar-refractivity contribution in [3.8, 4) is 0 Å². The molecule has 0 saturated carbocycles. The van der Waals surface area contributed by atoms with E-state index in [1.54, 1.807) is 0 Å². The minimum absolute atomic E-state index is 0.0843. The van der Waals surface area contributed by atoms with Crippen molar-refractivity contribution in [3.63, 3.8) is 0 Å². The molecule has 4 nitrogen and oxygen atoms in total. The fourth-order valence-electron chi connectivity index (χ4n) is 1.91. The van der Waals surface area contributed by atoms with Crippen LogP contribution in [0.3, 0.4) is 0 Å². The molecule has 9 heteroatoms. The van der Waals surface area contributed by atoms with E-state index < -0.39 is 21.8 Å². The first-order valence-corrected chi connectivity index (χ1v) is 8.03. The molecule has 0 spiro atoms. The molecule has 0 amide bonds. The average molecular weight is 373 g/mol. The summed E-state index contributed by atoms with van der Waals surface area (Å²) in [7, 11) is -3.90. The van der Waals surface area contributed by atoms with E-state index in [-0.39, 0.29) is 22.5 Å². The number of hydrogen-bond donors (Lipinski definition) is 1. The lowest BCUT2D eigenvalue weighted by Crippen LogP contribution is -2.46. The van der Waals surface area contributed by atoms with E-state index in [2.05, 4.69) is 21.2 Å². The Hall–Kier alpha value is -0.640. The highest BCUT2D eigenvalue weighted by atomic mass is 79.9. The molecule has 2 rings (SSSR count). The molecule has 1 fully saturated rings. The second-order valence-corrected chi connectivity index (χ2v) is 7.18. The molecule has 0 atom stereocenters. The van der Waals surface area contributed by atoms with Gasteiger partial charge in [0.2, 0.25) is 10.0 Å². The van der Waals surface area contributed by atoms with Crippen molar-refractivity contribution in [2.24, 2.45) is 0 Å². The van der Waals surface area contributed by atoms with E-state index in [9.17, 15) is 21.6 Å². The van der Waals surface area contributed by atoms with E-state index in [4.69, 9.17) is 0 Å². The Labute approximate surface area is 123 Å². The normalized spacial score (nSPS) is 18.2. The number of alkyl halides is 3. The van der Waals surface area contributed by atoms with Gasteiger partial charge in [-0.05, 0) is 18.2 Å². The Balaban J connectivity index is 2.43. The van der Waals surface area contributed by atoms with Crippen molar-refractivity contribution in [1.29, 1.82) is 0 Å². The number of nitrogens with zero attached hydrogens (tertiary/aromatic N) is 1. The van der Waals surface area contributed by atoms with Gasteiger partial charge in [0, 0.05) is 30.7 Å². The highest BCUT2D eigenvalue weighted by Gasteiger charge is 2.34. The lowest BCUT2D eigenvalue weighted by atomic mass is 10.2. The zero-order valence-corrected chi connectivity index (χ0v) is 12.6. The zero-order valence-electron chi connectivity index (χ0n) is 10.2. The molecular formula is C11H12BrF3N2O2S. The van der Waals surface area contributed by atoms with Gasteiger partial charge in [0.05, 0.1) is 10.5 Å². The molecule has 1 aromatic carbocycles. The Morgan fingerprint density at radius 1 is 1.15 bits per heavy atom. The van der Waals surface area contributed by atoms with Crippen LogP contribution < -0.4 is 5.32 Å². The van der Waals surface area contributed by atoms with Gasteiger partial charge in [0.25, 0.3) is 0 Å². The van der Waals surface area contributed by atoms with Crippen molar-refractivity contribution in [1.82, 2.24) is 9.62 Å². The van der Waals surface area contributed by atoms with Crippen LogP contribution in [0.25, 0.3) is 0 Å². The lowest BCUT2D eigenvalue weighted by molar-refractivity contribution is -0.137. The molecule has 1 heterocycles. The summed E-state index contributed by atoms with van der Waals surface area (Å²) in [5.74, 6) is 0. The second-order valence-electron chi connectivity index (χ2n) is 4.33. The maximum absolute atomic E-state index is 12.7. The first kappa shape index (κ1) is 15.7. The molecule has 0 bridgehead atoms. The minimum atomic E-state index is -4.59. The molecule has 20 heavy (non-hydrogen) atoms. The van der Waals surface area contributed by atoms with E-state index in [0.29, 0.717) is 19.2 Å². The van der Waals surface area contributed by atoms with Crippen molar-refractivity contribution < 1.29 is 21.6 Å². The predicted molar refractivity (Wildman–Crippen MR) is 70.8 cm³/mol. The molecule has 1 aromatic rings. The van der Waals surface area contributed by atoms with E-state index >= 15 is 0 Å². The molecular weight excluding hydrogens is 361 g/mol. The van der Waals surface area contributed by atoms with Crippen LogP contribution in [0.5, 0.6) is 0 Å². The van der Waals surface area contributed by atoms with Gasteiger partial charge >= 0.3 is 6.18 Å². The third-order valence-electron chi connectivity index (χ3n) is 2.91. The summed E-state index contributed by atoms with van der Waals surface area (Å²) in [6.07, 6.45) is -4.59. The molecule has 1 aliphatic heterocycles. The van der Waals surface area contributed by atoms with Gasteiger partial charge in [-0.2, -0.15) is 17.5 Å². The Morgan fingerprint density at radius 2 is 1.75 bits per heavy atom. The second kappa shape index (κ2) is 5.63. The van der Waals surface area contributed by atoms with Gasteiger partial charge in [-0.1, -0.05) is 15.9 Å². The van der Waals surface area contributed by atoms with Crippen LogP contribution >= 0.6 is 15.9 Å². The van der Waals surface area contributed by atoms with Crippen LogP contribution in [-0.2, 0) is 16.2 Å². The molecule has 1 N–H and O–H groups in total. The lowest BCUT2D eigenvalue weighted by Gasteiger charge is -2.26. The fraction of sp³-hybridized carbons (Fsp3) is 0.455. The van der Waals surface area contributed by atoms with E-state index in [0.717, 1.165) is 6.07 Å². The van der Waals surface area contributed by atoms with Crippen LogP contribution in [0.2, 0.25) is 0 Å². The summed E-state index contributed by atoms with van der Waals surface area (Å²) in [4.78, 5) is -0.346. The number of piperazine rings is 1. The topological polar surface area (TPSA) is 49.4 Å². The quantitative estimate of drug-likeness (QED) is 0.864. The van der Waals surface area contributed by atoms with Gasteiger partial charge in [-0.15, -0.1) is 0 Å². The number of halogens is 4. The smallest absolute Gasteiger partial charge is 0.314 e. The molecule has 0 unspecified atom stereocenters. The Morgan fingerprint density at radius 3 is 2.30 bits per heavy atom. The Bertz CT molecular complexity index is 598. The average Bonchev–Trinajstić information content (AvgIpc) is 2.38. The van der Waals surface area contributed by atoms with Crippen LogP contribution in [0.1, 0.15) is 5.56 Å². The van der Waals surface area contributed by atoms with E-state index in [1.807, 2.05) is 0 Å². The number of benzene rings is 1. The summed E-state index contributed by atoms with van der Waals surface area (Å²) in [5.41, 5.74) is -0.986. The maximum atomic E-state index is 12.7. The minimum Gasteiger partial charge on any atom is -0.314 e. The predicted octanol–water partition coefficient (Wildman–Crippen LogP) is 2.06. The van der Waals surface area contributed by atoms with Gasteiger partial charge in [-0.25, -0.2) is 8.42 Å². The monoisotopic (exact) mass is 372 g/mol. The van der Waals surface area contributed by atoms with Crippen molar-refractivity contribution >= 4 is 26.0 Å². The standard InChI is InChI=1S/C11H12BrF3N2O2S/c12-9-5-8(11(13,14)15)6-10(7-9)20(18,19)17-3-1-16-2-4-17/h5-7,16H,1-4H2. The summed E-state index contributed by atoms with van der Waals surface area (Å²) in [6.45, 7) is 1.46.